The van der Waals surface area contributed by atoms with E-state index in [0.717, 1.165) is 0 Å². The summed E-state index contributed by atoms with van der Waals surface area (Å²) in [6, 6.07) is 3.14. The third-order valence-corrected chi connectivity index (χ3v) is 2.60. The maximum Gasteiger partial charge on any atom is 0.240 e. The fourth-order valence-electron chi connectivity index (χ4n) is 1.27. The summed E-state index contributed by atoms with van der Waals surface area (Å²) >= 11 is 11.8. The van der Waals surface area contributed by atoms with Gasteiger partial charge in [0, 0.05) is 12.1 Å². The summed E-state index contributed by atoms with van der Waals surface area (Å²) < 4.78 is 5.12. The number of hydrogen-bond acceptors (Lipinski definition) is 3. The van der Waals surface area contributed by atoms with Crippen LogP contribution >= 0.6 is 23.2 Å². The molecule has 0 aliphatic carbocycles. The molecule has 2 N–H and O–H groups in total. The van der Waals surface area contributed by atoms with E-state index >= 15 is 0 Å². The molecule has 0 fully saturated rings. The molecule has 0 radical (unpaired) electrons. The summed E-state index contributed by atoms with van der Waals surface area (Å²) in [7, 11) is 3.05. The minimum Gasteiger partial charge on any atom is -0.493 e. The lowest BCUT2D eigenvalue weighted by atomic mass is 10.2. The molecule has 0 aromatic heterocycles. The molecule has 0 spiro atoms. The number of nitrogens with zero attached hydrogens (tertiary/aromatic N) is 1. The summed E-state index contributed by atoms with van der Waals surface area (Å²) in [5, 5.41) is 0.777. The maximum absolute atomic E-state index is 11.5. The normalized spacial score (nSPS) is 10.1. The fourth-order valence-corrected chi connectivity index (χ4v) is 1.83. The molecule has 1 aromatic rings. The molecule has 0 bridgehead atoms. The minimum atomic E-state index is -0.253. The van der Waals surface area contributed by atoms with Crippen molar-refractivity contribution in [2.24, 2.45) is 5.73 Å². The molecule has 0 unspecified atom stereocenters. The van der Waals surface area contributed by atoms with Gasteiger partial charge in [0.15, 0.2) is 5.75 Å². The molecule has 1 amide bonds. The Bertz CT molecular complexity index is 410. The highest BCUT2D eigenvalue weighted by Gasteiger charge is 2.17. The highest BCUT2D eigenvalue weighted by molar-refractivity contribution is 6.36. The first-order valence-corrected chi connectivity index (χ1v) is 5.26. The van der Waals surface area contributed by atoms with E-state index in [0.29, 0.717) is 21.5 Å². The van der Waals surface area contributed by atoms with Crippen molar-refractivity contribution in [2.45, 2.75) is 0 Å². The Morgan fingerprint density at radius 3 is 2.62 bits per heavy atom. The van der Waals surface area contributed by atoms with Crippen LogP contribution in [-0.4, -0.2) is 26.6 Å². The zero-order chi connectivity index (χ0) is 12.3. The van der Waals surface area contributed by atoms with Crippen LogP contribution in [-0.2, 0) is 4.79 Å². The lowest BCUT2D eigenvalue weighted by molar-refractivity contribution is -0.117. The minimum absolute atomic E-state index is 0.0935. The molecule has 0 saturated heterocycles. The highest BCUT2D eigenvalue weighted by Crippen LogP contribution is 2.37. The molecule has 0 saturated carbocycles. The van der Waals surface area contributed by atoms with E-state index in [2.05, 4.69) is 0 Å². The zero-order valence-corrected chi connectivity index (χ0v) is 10.5. The molecule has 0 aliphatic heterocycles. The standard InChI is InChI=1S/C10H12Cl2N2O2/c1-14(9(15)5-13)8-4-6(11)3-7(12)10(8)16-2/h3-4H,5,13H2,1-2H3. The molecule has 0 atom stereocenters. The van der Waals surface area contributed by atoms with Crippen LogP contribution < -0.4 is 15.4 Å². The van der Waals surface area contributed by atoms with Gasteiger partial charge in [0.25, 0.3) is 0 Å². The second kappa shape index (κ2) is 5.39. The van der Waals surface area contributed by atoms with Gasteiger partial charge in [-0.2, -0.15) is 0 Å². The number of carbonyl (C=O) groups excluding carboxylic acids is 1. The van der Waals surface area contributed by atoms with Crippen molar-refractivity contribution in [1.82, 2.24) is 0 Å². The van der Waals surface area contributed by atoms with Crippen molar-refractivity contribution >= 4 is 34.8 Å². The van der Waals surface area contributed by atoms with Crippen molar-refractivity contribution in [2.75, 3.05) is 25.6 Å². The first-order chi connectivity index (χ1) is 7.51. The number of halogens is 2. The van der Waals surface area contributed by atoms with Crippen molar-refractivity contribution in [3.8, 4) is 5.75 Å². The summed E-state index contributed by atoms with van der Waals surface area (Å²) in [6.07, 6.45) is 0. The van der Waals surface area contributed by atoms with E-state index in [9.17, 15) is 4.79 Å². The number of amides is 1. The van der Waals surface area contributed by atoms with E-state index in [1.54, 1.807) is 19.2 Å². The van der Waals surface area contributed by atoms with Gasteiger partial charge in [-0.05, 0) is 12.1 Å². The third-order valence-electron chi connectivity index (χ3n) is 2.10. The van der Waals surface area contributed by atoms with Gasteiger partial charge >= 0.3 is 0 Å². The van der Waals surface area contributed by atoms with Crippen molar-refractivity contribution in [1.29, 1.82) is 0 Å². The second-order valence-corrected chi connectivity index (χ2v) is 3.94. The number of anilines is 1. The van der Waals surface area contributed by atoms with Gasteiger partial charge in [-0.1, -0.05) is 23.2 Å². The Hall–Kier alpha value is -0.970. The molecular weight excluding hydrogens is 251 g/mol. The van der Waals surface area contributed by atoms with Gasteiger partial charge in [-0.15, -0.1) is 0 Å². The lowest BCUT2D eigenvalue weighted by Gasteiger charge is -2.20. The Labute approximate surface area is 104 Å². The number of rotatable bonds is 3. The first kappa shape index (κ1) is 13.1. The topological polar surface area (TPSA) is 55.6 Å². The largest absolute Gasteiger partial charge is 0.493 e. The van der Waals surface area contributed by atoms with Crippen molar-refractivity contribution in [3.63, 3.8) is 0 Å². The van der Waals surface area contributed by atoms with Crippen molar-refractivity contribution < 1.29 is 9.53 Å². The number of benzene rings is 1. The smallest absolute Gasteiger partial charge is 0.240 e. The molecule has 88 valence electrons. The van der Waals surface area contributed by atoms with Crippen LogP contribution in [0.25, 0.3) is 0 Å². The van der Waals surface area contributed by atoms with Crippen LogP contribution in [0.5, 0.6) is 5.75 Å². The summed E-state index contributed by atoms with van der Waals surface area (Å²) in [6.45, 7) is -0.0935. The molecule has 6 heteroatoms. The van der Waals surface area contributed by atoms with E-state index < -0.39 is 0 Å². The van der Waals surface area contributed by atoms with Crippen LogP contribution in [0.4, 0.5) is 5.69 Å². The number of nitrogens with two attached hydrogens (primary N) is 1. The average molecular weight is 263 g/mol. The molecule has 1 rings (SSSR count). The Balaban J connectivity index is 3.25. The molecular formula is C10H12Cl2N2O2. The fraction of sp³-hybridized carbons (Fsp3) is 0.300. The third kappa shape index (κ3) is 2.58. The summed E-state index contributed by atoms with van der Waals surface area (Å²) in [4.78, 5) is 12.8. The number of likely N-dealkylation sites (N-methyl/N-ethyl adjacent to an activating group) is 1. The number of carbonyl (C=O) groups is 1. The van der Waals surface area contributed by atoms with Gasteiger partial charge in [-0.3, -0.25) is 4.79 Å². The molecule has 4 nitrogen and oxygen atoms in total. The predicted molar refractivity (Wildman–Crippen MR) is 65.5 cm³/mol. The van der Waals surface area contributed by atoms with Gasteiger partial charge in [-0.25, -0.2) is 0 Å². The van der Waals surface area contributed by atoms with Crippen LogP contribution in [0.3, 0.4) is 0 Å². The highest BCUT2D eigenvalue weighted by atomic mass is 35.5. The number of ether oxygens (including phenoxy) is 1. The van der Waals surface area contributed by atoms with E-state index in [-0.39, 0.29) is 12.5 Å². The van der Waals surface area contributed by atoms with Crippen molar-refractivity contribution in [3.05, 3.63) is 22.2 Å². The molecule has 0 aliphatic rings. The van der Waals surface area contributed by atoms with Crippen LogP contribution in [0, 0.1) is 0 Å². The Morgan fingerprint density at radius 2 is 2.12 bits per heavy atom. The Morgan fingerprint density at radius 1 is 1.50 bits per heavy atom. The lowest BCUT2D eigenvalue weighted by Crippen LogP contribution is -2.32. The SMILES string of the molecule is COc1c(Cl)cc(Cl)cc1N(C)C(=O)CN. The second-order valence-electron chi connectivity index (χ2n) is 3.10. The van der Waals surface area contributed by atoms with Gasteiger partial charge in [0.2, 0.25) is 5.91 Å². The summed E-state index contributed by atoms with van der Waals surface area (Å²) in [5.41, 5.74) is 5.78. The van der Waals surface area contributed by atoms with Gasteiger partial charge in [0.05, 0.1) is 24.4 Å². The molecule has 1 aromatic carbocycles. The first-order valence-electron chi connectivity index (χ1n) is 4.51. The molecule has 16 heavy (non-hydrogen) atoms. The number of hydrogen-bond donors (Lipinski definition) is 1. The number of methoxy groups -OCH3 is 1. The average Bonchev–Trinajstić information content (AvgIpc) is 2.26. The van der Waals surface area contributed by atoms with Crippen LogP contribution in [0.15, 0.2) is 12.1 Å². The van der Waals surface area contributed by atoms with E-state index in [4.69, 9.17) is 33.7 Å². The van der Waals surface area contributed by atoms with Gasteiger partial charge in [0.1, 0.15) is 0 Å². The predicted octanol–water partition coefficient (Wildman–Crippen LogP) is 1.92. The monoisotopic (exact) mass is 262 g/mol. The zero-order valence-electron chi connectivity index (χ0n) is 8.96. The summed E-state index contributed by atoms with van der Waals surface area (Å²) in [5.74, 6) is 0.145. The van der Waals surface area contributed by atoms with Crippen LogP contribution in [0.1, 0.15) is 0 Å². The van der Waals surface area contributed by atoms with E-state index in [1.165, 1.54) is 12.0 Å². The molecule has 0 heterocycles. The Kier molecular flexibility index (Phi) is 4.41. The maximum atomic E-state index is 11.5. The van der Waals surface area contributed by atoms with Crippen LogP contribution in [0.2, 0.25) is 10.0 Å². The quantitative estimate of drug-likeness (QED) is 0.906. The van der Waals surface area contributed by atoms with Gasteiger partial charge < -0.3 is 15.4 Å². The van der Waals surface area contributed by atoms with E-state index in [1.807, 2.05) is 0 Å².